The van der Waals surface area contributed by atoms with E-state index in [0.717, 1.165) is 0 Å². The Bertz CT molecular complexity index is 299. The van der Waals surface area contributed by atoms with Crippen LogP contribution in [0.1, 0.15) is 96.8 Å². The van der Waals surface area contributed by atoms with E-state index < -0.39 is 7.82 Å². The summed E-state index contributed by atoms with van der Waals surface area (Å²) in [7, 11) is -4.64. The maximum absolute atomic E-state index is 8.88. The van der Waals surface area contributed by atoms with E-state index in [1.165, 1.54) is 89.9 Å². The standard InChI is InChI=1S/C18H37N.H3O4P/c1-3-5-7-9-11-13-15-17-18(19)16-14-12-10-8-6-4-2;1-5(2,3)4/h4,18H,2-3,5-17,19H2,1H3;(H3,1,2,3,4). The summed E-state index contributed by atoms with van der Waals surface area (Å²) in [6.07, 6.45) is 20.7. The van der Waals surface area contributed by atoms with E-state index in [9.17, 15) is 0 Å². The highest BCUT2D eigenvalue weighted by Crippen LogP contribution is 2.25. The van der Waals surface area contributed by atoms with Crippen molar-refractivity contribution in [3.8, 4) is 0 Å². The van der Waals surface area contributed by atoms with Gasteiger partial charge in [-0.1, -0.05) is 77.2 Å². The molecule has 6 heteroatoms. The minimum Gasteiger partial charge on any atom is -0.328 e. The summed E-state index contributed by atoms with van der Waals surface area (Å²) >= 11 is 0. The molecule has 0 aliphatic carbocycles. The Morgan fingerprint density at radius 1 is 0.875 bits per heavy atom. The molecule has 0 saturated carbocycles. The lowest BCUT2D eigenvalue weighted by Crippen LogP contribution is -2.19. The van der Waals surface area contributed by atoms with Gasteiger partial charge in [0.1, 0.15) is 0 Å². The summed E-state index contributed by atoms with van der Waals surface area (Å²) in [6, 6.07) is 0.454. The third kappa shape index (κ3) is 33.4. The summed E-state index contributed by atoms with van der Waals surface area (Å²) in [6.45, 7) is 6.03. The van der Waals surface area contributed by atoms with Crippen LogP contribution in [0.3, 0.4) is 0 Å². The molecule has 146 valence electrons. The van der Waals surface area contributed by atoms with Gasteiger partial charge in [-0.3, -0.25) is 0 Å². The fourth-order valence-corrected chi connectivity index (χ4v) is 2.56. The molecule has 24 heavy (non-hydrogen) atoms. The summed E-state index contributed by atoms with van der Waals surface area (Å²) < 4.78 is 8.88. The minimum atomic E-state index is -4.64. The van der Waals surface area contributed by atoms with Crippen LogP contribution in [0.4, 0.5) is 0 Å². The second kappa shape index (κ2) is 19.1. The van der Waals surface area contributed by atoms with Gasteiger partial charge in [-0.25, -0.2) is 4.57 Å². The summed E-state index contributed by atoms with van der Waals surface area (Å²) in [5.74, 6) is 0. The smallest absolute Gasteiger partial charge is 0.328 e. The molecule has 0 spiro atoms. The van der Waals surface area contributed by atoms with Crippen molar-refractivity contribution in [3.05, 3.63) is 12.7 Å². The second-order valence-electron chi connectivity index (χ2n) is 6.46. The van der Waals surface area contributed by atoms with Crippen LogP contribution in [0.5, 0.6) is 0 Å². The van der Waals surface area contributed by atoms with Crippen molar-refractivity contribution >= 4 is 7.82 Å². The van der Waals surface area contributed by atoms with Crippen molar-refractivity contribution < 1.29 is 19.2 Å². The Balaban J connectivity index is 0. The monoisotopic (exact) mass is 365 g/mol. The van der Waals surface area contributed by atoms with Crippen LogP contribution in [-0.4, -0.2) is 20.7 Å². The fourth-order valence-electron chi connectivity index (χ4n) is 2.56. The van der Waals surface area contributed by atoms with Gasteiger partial charge in [0.2, 0.25) is 0 Å². The summed E-state index contributed by atoms with van der Waals surface area (Å²) in [5.41, 5.74) is 6.16. The molecule has 1 unspecified atom stereocenters. The van der Waals surface area contributed by atoms with Crippen LogP contribution in [0.2, 0.25) is 0 Å². The van der Waals surface area contributed by atoms with Crippen LogP contribution < -0.4 is 5.73 Å². The molecule has 1 atom stereocenters. The molecular formula is C18H40NO4P. The highest BCUT2D eigenvalue weighted by Gasteiger charge is 2.02. The third-order valence-corrected chi connectivity index (χ3v) is 3.91. The highest BCUT2D eigenvalue weighted by molar-refractivity contribution is 7.45. The first-order valence-electron chi connectivity index (χ1n) is 9.46. The van der Waals surface area contributed by atoms with Crippen molar-refractivity contribution in [2.75, 3.05) is 0 Å². The van der Waals surface area contributed by atoms with Gasteiger partial charge in [-0.2, -0.15) is 0 Å². The zero-order valence-corrected chi connectivity index (χ0v) is 16.4. The predicted molar refractivity (Wildman–Crippen MR) is 103 cm³/mol. The molecule has 0 amide bonds. The van der Waals surface area contributed by atoms with Gasteiger partial charge in [0.15, 0.2) is 0 Å². The lowest BCUT2D eigenvalue weighted by molar-refractivity contribution is 0.275. The molecule has 0 aromatic heterocycles. The minimum absolute atomic E-state index is 0.454. The zero-order valence-electron chi connectivity index (χ0n) is 15.5. The molecule has 5 nitrogen and oxygen atoms in total. The molecule has 0 aliphatic rings. The van der Waals surface area contributed by atoms with Crippen molar-refractivity contribution in [1.82, 2.24) is 0 Å². The van der Waals surface area contributed by atoms with E-state index in [-0.39, 0.29) is 0 Å². The Morgan fingerprint density at radius 3 is 1.67 bits per heavy atom. The van der Waals surface area contributed by atoms with Gasteiger partial charge in [0, 0.05) is 6.04 Å². The molecule has 0 bridgehead atoms. The number of phosphoric acid groups is 1. The molecular weight excluding hydrogens is 325 g/mol. The van der Waals surface area contributed by atoms with Gasteiger partial charge in [0.25, 0.3) is 0 Å². The Labute approximate surface area is 149 Å². The largest absolute Gasteiger partial charge is 0.466 e. The van der Waals surface area contributed by atoms with Crippen molar-refractivity contribution in [2.24, 2.45) is 5.73 Å². The first kappa shape index (κ1) is 26.0. The predicted octanol–water partition coefficient (Wildman–Crippen LogP) is 5.05. The average molecular weight is 365 g/mol. The first-order valence-corrected chi connectivity index (χ1v) is 11.0. The molecule has 0 rings (SSSR count). The number of nitrogens with two attached hydrogens (primary N) is 1. The third-order valence-electron chi connectivity index (χ3n) is 3.91. The topological polar surface area (TPSA) is 104 Å². The second-order valence-corrected chi connectivity index (χ2v) is 7.49. The quantitative estimate of drug-likeness (QED) is 0.185. The van der Waals surface area contributed by atoms with E-state index in [2.05, 4.69) is 13.5 Å². The van der Waals surface area contributed by atoms with Gasteiger partial charge in [-0.15, -0.1) is 6.58 Å². The number of hydrogen-bond acceptors (Lipinski definition) is 2. The van der Waals surface area contributed by atoms with E-state index in [1.54, 1.807) is 0 Å². The van der Waals surface area contributed by atoms with E-state index >= 15 is 0 Å². The summed E-state index contributed by atoms with van der Waals surface area (Å²) in [5, 5.41) is 0. The number of rotatable bonds is 15. The van der Waals surface area contributed by atoms with Gasteiger partial charge in [0.05, 0.1) is 0 Å². The molecule has 0 aromatic rings. The van der Waals surface area contributed by atoms with Crippen LogP contribution in [0, 0.1) is 0 Å². The highest BCUT2D eigenvalue weighted by atomic mass is 31.2. The van der Waals surface area contributed by atoms with Crippen LogP contribution in [0.15, 0.2) is 12.7 Å². The molecule has 5 N–H and O–H groups in total. The van der Waals surface area contributed by atoms with Gasteiger partial charge in [-0.05, 0) is 25.7 Å². The Morgan fingerprint density at radius 2 is 1.25 bits per heavy atom. The SMILES string of the molecule is C=CCCCCCCC(N)CCCCCCCCC.O=P(O)(O)O. The Kier molecular flexibility index (Phi) is 20.8. The zero-order chi connectivity index (χ0) is 18.7. The maximum Gasteiger partial charge on any atom is 0.466 e. The molecule has 0 aliphatic heterocycles. The van der Waals surface area contributed by atoms with Gasteiger partial charge < -0.3 is 20.4 Å². The fraction of sp³-hybridized carbons (Fsp3) is 0.889. The first-order chi connectivity index (χ1) is 11.3. The molecule has 0 fully saturated rings. The van der Waals surface area contributed by atoms with Crippen molar-refractivity contribution in [2.45, 2.75) is 103 Å². The average Bonchev–Trinajstić information content (AvgIpc) is 2.48. The van der Waals surface area contributed by atoms with Crippen LogP contribution in [-0.2, 0) is 4.57 Å². The van der Waals surface area contributed by atoms with Crippen molar-refractivity contribution in [3.63, 3.8) is 0 Å². The lowest BCUT2D eigenvalue weighted by atomic mass is 10.0. The number of allylic oxidation sites excluding steroid dienone is 1. The van der Waals surface area contributed by atoms with Crippen LogP contribution in [0.25, 0.3) is 0 Å². The maximum atomic E-state index is 8.88. The molecule has 0 heterocycles. The summed E-state index contributed by atoms with van der Waals surface area (Å²) in [4.78, 5) is 21.6. The van der Waals surface area contributed by atoms with E-state index in [0.29, 0.717) is 6.04 Å². The Hall–Kier alpha value is -0.190. The number of hydrogen-bond donors (Lipinski definition) is 4. The van der Waals surface area contributed by atoms with E-state index in [4.69, 9.17) is 25.0 Å². The normalized spacial score (nSPS) is 12.4. The molecule has 0 saturated heterocycles. The van der Waals surface area contributed by atoms with Gasteiger partial charge >= 0.3 is 7.82 Å². The molecule has 0 aromatic carbocycles. The van der Waals surface area contributed by atoms with E-state index in [1.807, 2.05) is 6.08 Å². The van der Waals surface area contributed by atoms with Crippen molar-refractivity contribution in [1.29, 1.82) is 0 Å². The lowest BCUT2D eigenvalue weighted by Gasteiger charge is -2.11. The van der Waals surface area contributed by atoms with Crippen LogP contribution >= 0.6 is 7.82 Å². The number of unbranched alkanes of at least 4 members (excludes halogenated alkanes) is 10. The molecule has 0 radical (unpaired) electrons.